The average Bonchev–Trinajstić information content (AvgIpc) is 3.17. The van der Waals surface area contributed by atoms with E-state index >= 15 is 0 Å². The third kappa shape index (κ3) is 5.07. The van der Waals surface area contributed by atoms with Gasteiger partial charge in [0.25, 0.3) is 0 Å². The topological polar surface area (TPSA) is 109 Å². The van der Waals surface area contributed by atoms with Gasteiger partial charge in [0.15, 0.2) is 0 Å². The fourth-order valence-corrected chi connectivity index (χ4v) is 2.74. The normalized spacial score (nSPS) is 11.3. The monoisotopic (exact) mass is 434 g/mol. The van der Waals surface area contributed by atoms with Gasteiger partial charge in [-0.05, 0) is 30.3 Å². The number of hydrogen-bond acceptors (Lipinski definition) is 7. The maximum absolute atomic E-state index is 12.4. The lowest BCUT2D eigenvalue weighted by atomic mass is 10.1. The summed E-state index contributed by atoms with van der Waals surface area (Å²) in [5, 5.41) is 4.22. The highest BCUT2D eigenvalue weighted by molar-refractivity contribution is 5.97. The molecule has 0 radical (unpaired) electrons. The summed E-state index contributed by atoms with van der Waals surface area (Å²) in [4.78, 5) is 27.4. The SMILES string of the molecule is COc1cccc(-c2cc(-c3cc(C(=O)OC(=O)C(F)(F)F)n(CCN)n3)ccn2)c1. The molecule has 0 amide bonds. The summed E-state index contributed by atoms with van der Waals surface area (Å²) in [6, 6.07) is 11.7. The molecule has 0 spiro atoms. The van der Waals surface area contributed by atoms with Crippen LogP contribution in [0.25, 0.3) is 22.5 Å². The summed E-state index contributed by atoms with van der Waals surface area (Å²) >= 11 is 0. The molecule has 31 heavy (non-hydrogen) atoms. The van der Waals surface area contributed by atoms with Gasteiger partial charge in [0.1, 0.15) is 11.4 Å². The Labute approximate surface area is 174 Å². The van der Waals surface area contributed by atoms with E-state index < -0.39 is 18.1 Å². The van der Waals surface area contributed by atoms with Gasteiger partial charge in [-0.1, -0.05) is 12.1 Å². The molecular weight excluding hydrogens is 417 g/mol. The molecule has 0 bridgehead atoms. The lowest BCUT2D eigenvalue weighted by Gasteiger charge is -2.07. The van der Waals surface area contributed by atoms with E-state index in [1.54, 1.807) is 30.3 Å². The first-order valence-electron chi connectivity index (χ1n) is 8.95. The number of nitrogens with zero attached hydrogens (tertiary/aromatic N) is 3. The quantitative estimate of drug-likeness (QED) is 0.469. The number of benzene rings is 1. The Hall–Kier alpha value is -3.73. The van der Waals surface area contributed by atoms with Crippen molar-refractivity contribution in [2.75, 3.05) is 13.7 Å². The number of carbonyl (C=O) groups excluding carboxylic acids is 2. The fraction of sp³-hybridized carbons (Fsp3) is 0.200. The van der Waals surface area contributed by atoms with Crippen LogP contribution < -0.4 is 10.5 Å². The van der Waals surface area contributed by atoms with Crippen molar-refractivity contribution in [1.29, 1.82) is 0 Å². The fourth-order valence-electron chi connectivity index (χ4n) is 2.74. The van der Waals surface area contributed by atoms with Gasteiger partial charge < -0.3 is 15.2 Å². The molecule has 0 aliphatic rings. The molecule has 2 heterocycles. The number of carbonyl (C=O) groups is 2. The van der Waals surface area contributed by atoms with E-state index in [1.807, 2.05) is 6.07 Å². The summed E-state index contributed by atoms with van der Waals surface area (Å²) < 4.78 is 47.5. The Bertz CT molecular complexity index is 1110. The first kappa shape index (κ1) is 22.0. The van der Waals surface area contributed by atoms with Gasteiger partial charge in [-0.2, -0.15) is 18.3 Å². The largest absolute Gasteiger partial charge is 0.497 e. The molecule has 3 aromatic rings. The number of hydrogen-bond donors (Lipinski definition) is 1. The zero-order valence-electron chi connectivity index (χ0n) is 16.2. The number of nitrogens with two attached hydrogens (primary N) is 1. The van der Waals surface area contributed by atoms with Gasteiger partial charge >= 0.3 is 18.1 Å². The van der Waals surface area contributed by atoms with E-state index in [9.17, 15) is 22.8 Å². The highest BCUT2D eigenvalue weighted by atomic mass is 19.4. The Balaban J connectivity index is 1.95. The van der Waals surface area contributed by atoms with Gasteiger partial charge in [0.2, 0.25) is 0 Å². The van der Waals surface area contributed by atoms with E-state index in [0.29, 0.717) is 17.0 Å². The van der Waals surface area contributed by atoms with Gasteiger partial charge in [-0.25, -0.2) is 9.59 Å². The van der Waals surface area contributed by atoms with Gasteiger partial charge in [-0.15, -0.1) is 0 Å². The Morgan fingerprint density at radius 1 is 1.10 bits per heavy atom. The third-order valence-corrected chi connectivity index (χ3v) is 4.17. The van der Waals surface area contributed by atoms with E-state index in [2.05, 4.69) is 14.8 Å². The van der Waals surface area contributed by atoms with Crippen molar-refractivity contribution >= 4 is 11.9 Å². The maximum atomic E-state index is 12.4. The second-order valence-electron chi connectivity index (χ2n) is 6.26. The predicted octanol–water partition coefficient (Wildman–Crippen LogP) is 2.83. The van der Waals surface area contributed by atoms with Crippen LogP contribution in [-0.2, 0) is 16.1 Å². The molecule has 3 rings (SSSR count). The molecule has 0 fully saturated rings. The van der Waals surface area contributed by atoms with Crippen LogP contribution in [0.5, 0.6) is 5.75 Å². The number of ether oxygens (including phenoxy) is 2. The standard InChI is InChI=1S/C20H17F3N4O4/c1-30-14-4-2-3-12(9-14)15-10-13(5-7-25-15)16-11-17(27(26-16)8-6-24)18(28)31-19(29)20(21,22)23/h2-5,7,9-11H,6,8,24H2,1H3. The molecule has 0 unspecified atom stereocenters. The maximum Gasteiger partial charge on any atom is 0.491 e. The Morgan fingerprint density at radius 3 is 2.52 bits per heavy atom. The number of pyridine rings is 1. The van der Waals surface area contributed by atoms with Crippen LogP contribution in [0, 0.1) is 0 Å². The van der Waals surface area contributed by atoms with Crippen LogP contribution in [-0.4, -0.2) is 46.5 Å². The van der Waals surface area contributed by atoms with Gasteiger partial charge in [-0.3, -0.25) is 9.67 Å². The van der Waals surface area contributed by atoms with E-state index in [1.165, 1.54) is 19.4 Å². The van der Waals surface area contributed by atoms with Gasteiger partial charge in [0.05, 0.1) is 25.0 Å². The van der Waals surface area contributed by atoms with Crippen LogP contribution in [0.4, 0.5) is 13.2 Å². The highest BCUT2D eigenvalue weighted by Crippen LogP contribution is 2.27. The molecule has 0 aliphatic carbocycles. The number of halogens is 3. The van der Waals surface area contributed by atoms with Crippen molar-refractivity contribution in [1.82, 2.24) is 14.8 Å². The van der Waals surface area contributed by atoms with E-state index in [0.717, 1.165) is 10.2 Å². The zero-order valence-corrected chi connectivity index (χ0v) is 16.2. The second-order valence-corrected chi connectivity index (χ2v) is 6.26. The third-order valence-electron chi connectivity index (χ3n) is 4.17. The van der Waals surface area contributed by atoms with Crippen molar-refractivity contribution in [3.05, 3.63) is 54.4 Å². The van der Waals surface area contributed by atoms with Crippen molar-refractivity contribution in [3.8, 4) is 28.3 Å². The van der Waals surface area contributed by atoms with Crippen LogP contribution in [0.3, 0.4) is 0 Å². The summed E-state index contributed by atoms with van der Waals surface area (Å²) in [5.41, 5.74) is 7.32. The van der Waals surface area contributed by atoms with Crippen LogP contribution in [0.15, 0.2) is 48.7 Å². The minimum atomic E-state index is -5.30. The molecule has 2 aromatic heterocycles. The predicted molar refractivity (Wildman–Crippen MR) is 103 cm³/mol. The number of aromatic nitrogens is 3. The van der Waals surface area contributed by atoms with Crippen molar-refractivity contribution in [3.63, 3.8) is 0 Å². The summed E-state index contributed by atoms with van der Waals surface area (Å²) in [6.45, 7) is 0.0818. The summed E-state index contributed by atoms with van der Waals surface area (Å²) in [7, 11) is 1.54. The van der Waals surface area contributed by atoms with Crippen LogP contribution >= 0.6 is 0 Å². The molecule has 8 nitrogen and oxygen atoms in total. The van der Waals surface area contributed by atoms with Crippen molar-refractivity contribution in [2.45, 2.75) is 12.7 Å². The number of methoxy groups -OCH3 is 1. The Kier molecular flexibility index (Phi) is 6.35. The van der Waals surface area contributed by atoms with E-state index in [4.69, 9.17) is 10.5 Å². The molecule has 0 aliphatic heterocycles. The summed E-state index contributed by atoms with van der Waals surface area (Å²) in [5.74, 6) is -3.45. The van der Waals surface area contributed by atoms with E-state index in [-0.39, 0.29) is 24.5 Å². The first-order chi connectivity index (χ1) is 14.7. The lowest BCUT2D eigenvalue weighted by Crippen LogP contribution is -2.29. The highest BCUT2D eigenvalue weighted by Gasteiger charge is 2.43. The molecule has 162 valence electrons. The van der Waals surface area contributed by atoms with Crippen molar-refractivity contribution < 1.29 is 32.2 Å². The average molecular weight is 434 g/mol. The number of alkyl halides is 3. The zero-order chi connectivity index (χ0) is 22.6. The molecule has 0 saturated heterocycles. The Morgan fingerprint density at radius 2 is 1.84 bits per heavy atom. The molecule has 0 atom stereocenters. The number of rotatable bonds is 6. The minimum absolute atomic E-state index is 0.0263. The second kappa shape index (κ2) is 8.96. The molecule has 11 heteroatoms. The smallest absolute Gasteiger partial charge is 0.491 e. The first-order valence-corrected chi connectivity index (χ1v) is 8.95. The molecule has 2 N–H and O–H groups in total. The van der Waals surface area contributed by atoms with Crippen LogP contribution in [0.2, 0.25) is 0 Å². The van der Waals surface area contributed by atoms with Gasteiger partial charge in [0, 0.05) is 23.9 Å². The minimum Gasteiger partial charge on any atom is -0.497 e. The lowest BCUT2D eigenvalue weighted by molar-refractivity contribution is -0.193. The van der Waals surface area contributed by atoms with Crippen molar-refractivity contribution in [2.24, 2.45) is 5.73 Å². The molecular formula is C20H17F3N4O4. The number of esters is 2. The molecule has 0 saturated carbocycles. The van der Waals surface area contributed by atoms with Crippen LogP contribution in [0.1, 0.15) is 10.5 Å². The molecule has 1 aromatic carbocycles. The summed E-state index contributed by atoms with van der Waals surface area (Å²) in [6.07, 6.45) is -3.77.